The van der Waals surface area contributed by atoms with E-state index in [0.717, 1.165) is 34.1 Å². The van der Waals surface area contributed by atoms with Crippen molar-refractivity contribution in [2.75, 3.05) is 7.11 Å². The summed E-state index contributed by atoms with van der Waals surface area (Å²) in [4.78, 5) is 0. The number of hydrogen-bond acceptors (Lipinski definition) is 3. The molecule has 0 amide bonds. The zero-order chi connectivity index (χ0) is 15.4. The Morgan fingerprint density at radius 1 is 1.19 bits per heavy atom. The highest BCUT2D eigenvalue weighted by Gasteiger charge is 2.15. The molecule has 0 saturated heterocycles. The van der Waals surface area contributed by atoms with Gasteiger partial charge in [-0.05, 0) is 49.2 Å². The first-order valence-corrected chi connectivity index (χ1v) is 7.33. The summed E-state index contributed by atoms with van der Waals surface area (Å²) < 4.78 is 11.4. The molecule has 4 heteroatoms. The molecule has 0 unspecified atom stereocenters. The lowest BCUT2D eigenvalue weighted by Gasteiger charge is -2.17. The molecule has 21 heavy (non-hydrogen) atoms. The van der Waals surface area contributed by atoms with Gasteiger partial charge in [-0.3, -0.25) is 0 Å². The maximum atomic E-state index is 6.13. The van der Waals surface area contributed by atoms with E-state index >= 15 is 0 Å². The lowest BCUT2D eigenvalue weighted by molar-refractivity contribution is 0.397. The summed E-state index contributed by atoms with van der Waals surface area (Å²) in [6.07, 6.45) is 0.855. The van der Waals surface area contributed by atoms with Gasteiger partial charge in [-0.2, -0.15) is 0 Å². The average Bonchev–Trinajstić information content (AvgIpc) is 2.48. The number of aryl methyl sites for hydroxylation is 1. The molecule has 112 valence electrons. The summed E-state index contributed by atoms with van der Waals surface area (Å²) in [6.45, 7) is 3.97. The first-order chi connectivity index (χ1) is 10.1. The predicted molar refractivity (Wildman–Crippen MR) is 86.5 cm³/mol. The van der Waals surface area contributed by atoms with Crippen LogP contribution in [0.4, 0.5) is 0 Å². The molecule has 0 heterocycles. The summed E-state index contributed by atoms with van der Waals surface area (Å²) in [5, 5.41) is 0.753. The van der Waals surface area contributed by atoms with Crippen LogP contribution in [0.1, 0.15) is 31.0 Å². The Bertz CT molecular complexity index is 626. The number of hydrogen-bond donors (Lipinski definition) is 1. The average molecular weight is 306 g/mol. The van der Waals surface area contributed by atoms with Crippen LogP contribution in [-0.2, 0) is 6.42 Å². The molecule has 0 aromatic heterocycles. The molecule has 0 aliphatic rings. The normalized spacial score (nSPS) is 12.0. The minimum atomic E-state index is -0.186. The van der Waals surface area contributed by atoms with Crippen molar-refractivity contribution in [3.8, 4) is 17.2 Å². The van der Waals surface area contributed by atoms with E-state index in [4.69, 9.17) is 26.8 Å². The molecule has 0 radical (unpaired) electrons. The van der Waals surface area contributed by atoms with E-state index in [9.17, 15) is 0 Å². The zero-order valence-corrected chi connectivity index (χ0v) is 13.3. The van der Waals surface area contributed by atoms with Crippen LogP contribution >= 0.6 is 11.6 Å². The molecule has 2 aromatic carbocycles. The molecule has 0 saturated carbocycles. The van der Waals surface area contributed by atoms with E-state index in [-0.39, 0.29) is 6.04 Å². The second-order valence-corrected chi connectivity index (χ2v) is 5.28. The highest BCUT2D eigenvalue weighted by atomic mass is 35.5. The molecule has 0 fully saturated rings. The van der Waals surface area contributed by atoms with Crippen molar-refractivity contribution >= 4 is 11.6 Å². The fourth-order valence-electron chi connectivity index (χ4n) is 2.25. The van der Waals surface area contributed by atoms with Crippen LogP contribution < -0.4 is 15.2 Å². The van der Waals surface area contributed by atoms with Gasteiger partial charge in [-0.15, -0.1) is 0 Å². The van der Waals surface area contributed by atoms with Crippen LogP contribution in [0.15, 0.2) is 36.4 Å². The van der Waals surface area contributed by atoms with E-state index in [2.05, 4.69) is 6.92 Å². The number of benzene rings is 2. The van der Waals surface area contributed by atoms with Crippen LogP contribution in [0.2, 0.25) is 5.02 Å². The fourth-order valence-corrected chi connectivity index (χ4v) is 2.50. The first-order valence-electron chi connectivity index (χ1n) is 6.95. The predicted octanol–water partition coefficient (Wildman–Crippen LogP) is 4.72. The summed E-state index contributed by atoms with van der Waals surface area (Å²) in [5.74, 6) is 2.17. The molecule has 0 bridgehead atoms. The van der Waals surface area contributed by atoms with Gasteiger partial charge in [0.25, 0.3) is 0 Å². The van der Waals surface area contributed by atoms with Gasteiger partial charge in [0.2, 0.25) is 0 Å². The van der Waals surface area contributed by atoms with E-state index < -0.39 is 0 Å². The Hall–Kier alpha value is -1.71. The standard InChI is InChI=1S/C17H20ClNO2/c1-4-12-10-13(8-9-14(12)18)21-16-7-5-6-15(20-3)17(16)11(2)19/h5-11H,4,19H2,1-3H3/t11-/m0/s1. The van der Waals surface area contributed by atoms with E-state index in [1.54, 1.807) is 7.11 Å². The van der Waals surface area contributed by atoms with Gasteiger partial charge in [0.1, 0.15) is 17.2 Å². The quantitative estimate of drug-likeness (QED) is 0.869. The van der Waals surface area contributed by atoms with E-state index in [1.165, 1.54) is 0 Å². The van der Waals surface area contributed by atoms with Crippen molar-refractivity contribution in [3.63, 3.8) is 0 Å². The molecule has 2 rings (SSSR count). The molecule has 0 aliphatic carbocycles. The third kappa shape index (κ3) is 3.49. The second-order valence-electron chi connectivity index (χ2n) is 4.87. The summed E-state index contributed by atoms with van der Waals surface area (Å²) >= 11 is 6.13. The zero-order valence-electron chi connectivity index (χ0n) is 12.5. The van der Waals surface area contributed by atoms with Crippen molar-refractivity contribution in [1.29, 1.82) is 0 Å². The van der Waals surface area contributed by atoms with Gasteiger partial charge in [0.15, 0.2) is 0 Å². The number of nitrogens with two attached hydrogens (primary N) is 1. The van der Waals surface area contributed by atoms with Crippen LogP contribution in [0, 0.1) is 0 Å². The van der Waals surface area contributed by atoms with Crippen LogP contribution in [0.3, 0.4) is 0 Å². The Kier molecular flexibility index (Phi) is 5.10. The molecule has 0 aliphatic heterocycles. The molecule has 3 nitrogen and oxygen atoms in total. The topological polar surface area (TPSA) is 44.5 Å². The Morgan fingerprint density at radius 2 is 1.90 bits per heavy atom. The third-order valence-corrected chi connectivity index (χ3v) is 3.70. The van der Waals surface area contributed by atoms with Gasteiger partial charge in [0.05, 0.1) is 12.7 Å². The van der Waals surface area contributed by atoms with Crippen molar-refractivity contribution < 1.29 is 9.47 Å². The van der Waals surface area contributed by atoms with Gasteiger partial charge < -0.3 is 15.2 Å². The molecular formula is C17H20ClNO2. The van der Waals surface area contributed by atoms with Crippen molar-refractivity contribution in [3.05, 3.63) is 52.5 Å². The van der Waals surface area contributed by atoms with Crippen LogP contribution in [0.5, 0.6) is 17.2 Å². The maximum Gasteiger partial charge on any atom is 0.135 e. The van der Waals surface area contributed by atoms with Crippen LogP contribution in [-0.4, -0.2) is 7.11 Å². The minimum Gasteiger partial charge on any atom is -0.496 e. The van der Waals surface area contributed by atoms with Crippen LogP contribution in [0.25, 0.3) is 0 Å². The Labute approximate surface area is 130 Å². The van der Waals surface area contributed by atoms with Crippen molar-refractivity contribution in [2.45, 2.75) is 26.3 Å². The lowest BCUT2D eigenvalue weighted by atomic mass is 10.1. The molecule has 1 atom stereocenters. The monoisotopic (exact) mass is 305 g/mol. The molecule has 2 aromatic rings. The van der Waals surface area contributed by atoms with Gasteiger partial charge in [-0.25, -0.2) is 0 Å². The molecular weight excluding hydrogens is 286 g/mol. The largest absolute Gasteiger partial charge is 0.496 e. The Morgan fingerprint density at radius 3 is 2.52 bits per heavy atom. The molecule has 2 N–H and O–H groups in total. The smallest absolute Gasteiger partial charge is 0.135 e. The van der Waals surface area contributed by atoms with Gasteiger partial charge >= 0.3 is 0 Å². The fraction of sp³-hybridized carbons (Fsp3) is 0.294. The highest BCUT2D eigenvalue weighted by Crippen LogP contribution is 2.36. The van der Waals surface area contributed by atoms with Crippen molar-refractivity contribution in [2.24, 2.45) is 5.73 Å². The number of methoxy groups -OCH3 is 1. The Balaban J connectivity index is 2.39. The summed E-state index contributed by atoms with van der Waals surface area (Å²) in [6, 6.07) is 11.1. The molecule has 0 spiro atoms. The second kappa shape index (κ2) is 6.83. The maximum absolute atomic E-state index is 6.13. The van der Waals surface area contributed by atoms with E-state index in [1.807, 2.05) is 43.3 Å². The summed E-state index contributed by atoms with van der Waals surface area (Å²) in [7, 11) is 1.63. The number of halogens is 1. The lowest BCUT2D eigenvalue weighted by Crippen LogP contribution is -2.08. The first kappa shape index (κ1) is 15.7. The van der Waals surface area contributed by atoms with E-state index in [0.29, 0.717) is 5.75 Å². The highest BCUT2D eigenvalue weighted by molar-refractivity contribution is 6.31. The third-order valence-electron chi connectivity index (χ3n) is 3.33. The number of ether oxygens (including phenoxy) is 2. The number of rotatable bonds is 5. The van der Waals surface area contributed by atoms with Gasteiger partial charge in [-0.1, -0.05) is 24.6 Å². The van der Waals surface area contributed by atoms with Crippen molar-refractivity contribution in [1.82, 2.24) is 0 Å². The van der Waals surface area contributed by atoms with Gasteiger partial charge in [0, 0.05) is 11.1 Å². The summed E-state index contributed by atoms with van der Waals surface area (Å²) in [5.41, 5.74) is 7.95. The SMILES string of the molecule is CCc1cc(Oc2cccc(OC)c2[C@H](C)N)ccc1Cl. The minimum absolute atomic E-state index is 0.186.